The van der Waals surface area contributed by atoms with Gasteiger partial charge in [0.15, 0.2) is 0 Å². The van der Waals surface area contributed by atoms with Crippen LogP contribution >= 0.6 is 0 Å². The zero-order chi connectivity index (χ0) is 14.8. The summed E-state index contributed by atoms with van der Waals surface area (Å²) in [7, 11) is 1.84. The monoisotopic (exact) mass is 280 g/mol. The summed E-state index contributed by atoms with van der Waals surface area (Å²) < 4.78 is 14.5. The summed E-state index contributed by atoms with van der Waals surface area (Å²) in [5.41, 5.74) is 3.19. The highest BCUT2D eigenvalue weighted by molar-refractivity contribution is 5.82. The molecule has 3 rings (SSSR count). The van der Waals surface area contributed by atoms with Crippen LogP contribution in [0, 0.1) is 12.7 Å². The number of rotatable bonds is 3. The van der Waals surface area contributed by atoms with Crippen molar-refractivity contribution in [1.29, 1.82) is 0 Å². The Morgan fingerprint density at radius 2 is 1.71 bits per heavy atom. The second-order valence-corrected chi connectivity index (χ2v) is 5.12. The van der Waals surface area contributed by atoms with Gasteiger partial charge in [0.1, 0.15) is 5.82 Å². The van der Waals surface area contributed by atoms with Gasteiger partial charge < -0.3 is 5.32 Å². The van der Waals surface area contributed by atoms with Crippen LogP contribution in [0.4, 0.5) is 4.39 Å². The van der Waals surface area contributed by atoms with Crippen molar-refractivity contribution in [3.05, 3.63) is 77.2 Å². The van der Waals surface area contributed by atoms with Gasteiger partial charge in [-0.05, 0) is 31.2 Å². The number of halogens is 1. The van der Waals surface area contributed by atoms with Crippen molar-refractivity contribution in [2.24, 2.45) is 0 Å². The normalized spacial score (nSPS) is 12.5. The number of aryl methyl sites for hydroxylation is 1. The second-order valence-electron chi connectivity index (χ2n) is 5.12. The maximum absolute atomic E-state index is 14.5. The van der Waals surface area contributed by atoms with Gasteiger partial charge in [0, 0.05) is 17.1 Å². The SMILES string of the molecule is CNC(c1cccc(C)c1F)c1cccc2cccnc12. The quantitative estimate of drug-likeness (QED) is 0.784. The van der Waals surface area contributed by atoms with Crippen LogP contribution in [0.5, 0.6) is 0 Å². The molecule has 1 unspecified atom stereocenters. The van der Waals surface area contributed by atoms with Crippen LogP contribution in [0.25, 0.3) is 10.9 Å². The predicted molar refractivity (Wildman–Crippen MR) is 83.8 cm³/mol. The van der Waals surface area contributed by atoms with Gasteiger partial charge >= 0.3 is 0 Å². The third-order valence-electron chi connectivity index (χ3n) is 3.80. The Labute approximate surface area is 123 Å². The van der Waals surface area contributed by atoms with Gasteiger partial charge in [0.25, 0.3) is 0 Å². The Bertz CT molecular complexity index is 778. The fourth-order valence-electron chi connectivity index (χ4n) is 2.73. The number of nitrogens with one attached hydrogen (secondary N) is 1. The first kappa shape index (κ1) is 13.7. The minimum Gasteiger partial charge on any atom is -0.309 e. The summed E-state index contributed by atoms with van der Waals surface area (Å²) >= 11 is 0. The van der Waals surface area contributed by atoms with Crippen molar-refractivity contribution in [3.63, 3.8) is 0 Å². The molecule has 2 nitrogen and oxygen atoms in total. The first-order valence-electron chi connectivity index (χ1n) is 6.98. The standard InChI is InChI=1S/C18H17FN2/c1-12-6-3-9-14(16(12)19)18(20-2)15-10-4-7-13-8-5-11-21-17(13)15/h3-11,18,20H,1-2H3. The van der Waals surface area contributed by atoms with E-state index in [1.165, 1.54) is 0 Å². The Morgan fingerprint density at radius 3 is 2.52 bits per heavy atom. The van der Waals surface area contributed by atoms with Crippen molar-refractivity contribution in [2.45, 2.75) is 13.0 Å². The molecular formula is C18H17FN2. The van der Waals surface area contributed by atoms with Crippen LogP contribution < -0.4 is 5.32 Å². The van der Waals surface area contributed by atoms with Crippen LogP contribution in [0.15, 0.2) is 54.7 Å². The van der Waals surface area contributed by atoms with Crippen molar-refractivity contribution >= 4 is 10.9 Å². The molecule has 3 aromatic rings. The van der Waals surface area contributed by atoms with Crippen LogP contribution in [0.2, 0.25) is 0 Å². The molecule has 0 aliphatic heterocycles. The summed E-state index contributed by atoms with van der Waals surface area (Å²) in [5.74, 6) is -0.162. The average Bonchev–Trinajstić information content (AvgIpc) is 2.52. The van der Waals surface area contributed by atoms with Gasteiger partial charge in [-0.3, -0.25) is 4.98 Å². The van der Waals surface area contributed by atoms with Crippen molar-refractivity contribution < 1.29 is 4.39 Å². The van der Waals surface area contributed by atoms with E-state index in [-0.39, 0.29) is 11.9 Å². The van der Waals surface area contributed by atoms with E-state index in [4.69, 9.17) is 0 Å². The Balaban J connectivity index is 2.21. The second kappa shape index (κ2) is 5.62. The molecule has 0 aliphatic rings. The third kappa shape index (κ3) is 2.41. The van der Waals surface area contributed by atoms with Crippen molar-refractivity contribution in [1.82, 2.24) is 10.3 Å². The molecule has 0 saturated carbocycles. The highest BCUT2D eigenvalue weighted by atomic mass is 19.1. The zero-order valence-electron chi connectivity index (χ0n) is 12.1. The first-order chi connectivity index (χ1) is 10.2. The molecule has 1 aromatic heterocycles. The lowest BCUT2D eigenvalue weighted by Crippen LogP contribution is -2.19. The zero-order valence-corrected chi connectivity index (χ0v) is 12.1. The lowest BCUT2D eigenvalue weighted by atomic mass is 9.95. The molecule has 0 spiro atoms. The van der Waals surface area contributed by atoms with E-state index in [9.17, 15) is 4.39 Å². The van der Waals surface area contributed by atoms with Gasteiger partial charge in [0.05, 0.1) is 11.6 Å². The lowest BCUT2D eigenvalue weighted by Gasteiger charge is -2.20. The minimum absolute atomic E-state index is 0.162. The van der Waals surface area contributed by atoms with Crippen molar-refractivity contribution in [3.8, 4) is 0 Å². The molecule has 0 bridgehead atoms. The molecule has 106 valence electrons. The molecule has 0 aliphatic carbocycles. The number of para-hydroxylation sites is 1. The molecule has 3 heteroatoms. The average molecular weight is 280 g/mol. The maximum Gasteiger partial charge on any atom is 0.131 e. The number of nitrogens with zero attached hydrogens (tertiary/aromatic N) is 1. The first-order valence-corrected chi connectivity index (χ1v) is 6.98. The molecular weight excluding hydrogens is 263 g/mol. The maximum atomic E-state index is 14.5. The third-order valence-corrected chi connectivity index (χ3v) is 3.80. The van der Waals surface area contributed by atoms with E-state index in [1.807, 2.05) is 49.5 Å². The topological polar surface area (TPSA) is 24.9 Å². The highest BCUT2D eigenvalue weighted by Gasteiger charge is 2.19. The number of aromatic nitrogens is 1. The van der Waals surface area contributed by atoms with Gasteiger partial charge in [-0.2, -0.15) is 0 Å². The lowest BCUT2D eigenvalue weighted by molar-refractivity contribution is 0.570. The summed E-state index contributed by atoms with van der Waals surface area (Å²) in [4.78, 5) is 4.47. The summed E-state index contributed by atoms with van der Waals surface area (Å²) in [6, 6.07) is 15.2. The summed E-state index contributed by atoms with van der Waals surface area (Å²) in [6.07, 6.45) is 1.77. The molecule has 21 heavy (non-hydrogen) atoms. The molecule has 2 aromatic carbocycles. The van der Waals surface area contributed by atoms with Gasteiger partial charge in [-0.1, -0.05) is 42.5 Å². The van der Waals surface area contributed by atoms with E-state index in [2.05, 4.69) is 10.3 Å². The molecule has 1 atom stereocenters. The fourth-order valence-corrected chi connectivity index (χ4v) is 2.73. The number of hydrogen-bond donors (Lipinski definition) is 1. The number of pyridine rings is 1. The van der Waals surface area contributed by atoms with Gasteiger partial charge in [-0.25, -0.2) is 4.39 Å². The fraction of sp³-hybridized carbons (Fsp3) is 0.167. The summed E-state index contributed by atoms with van der Waals surface area (Å²) in [6.45, 7) is 1.78. The molecule has 0 fully saturated rings. The van der Waals surface area contributed by atoms with E-state index >= 15 is 0 Å². The van der Waals surface area contributed by atoms with Gasteiger partial charge in [-0.15, -0.1) is 0 Å². The van der Waals surface area contributed by atoms with Crippen LogP contribution in [0.1, 0.15) is 22.7 Å². The van der Waals surface area contributed by atoms with Crippen LogP contribution in [0.3, 0.4) is 0 Å². The van der Waals surface area contributed by atoms with E-state index in [1.54, 1.807) is 19.2 Å². The molecule has 0 radical (unpaired) electrons. The minimum atomic E-state index is -0.219. The van der Waals surface area contributed by atoms with E-state index in [0.29, 0.717) is 11.1 Å². The summed E-state index contributed by atoms with van der Waals surface area (Å²) in [5, 5.41) is 4.27. The largest absolute Gasteiger partial charge is 0.309 e. The van der Waals surface area contributed by atoms with Crippen LogP contribution in [-0.2, 0) is 0 Å². The van der Waals surface area contributed by atoms with Gasteiger partial charge in [0.2, 0.25) is 0 Å². The molecule has 1 N–H and O–H groups in total. The Hall–Kier alpha value is -2.26. The molecule has 1 heterocycles. The highest BCUT2D eigenvalue weighted by Crippen LogP contribution is 2.29. The van der Waals surface area contributed by atoms with Crippen molar-refractivity contribution in [2.75, 3.05) is 7.05 Å². The predicted octanol–water partition coefficient (Wildman–Crippen LogP) is 3.99. The molecule has 0 saturated heterocycles. The number of hydrogen-bond acceptors (Lipinski definition) is 2. The Kier molecular flexibility index (Phi) is 3.67. The smallest absolute Gasteiger partial charge is 0.131 e. The number of benzene rings is 2. The van der Waals surface area contributed by atoms with E-state index in [0.717, 1.165) is 16.5 Å². The Morgan fingerprint density at radius 1 is 1.00 bits per heavy atom. The number of fused-ring (bicyclic) bond motifs is 1. The molecule has 0 amide bonds. The van der Waals surface area contributed by atoms with E-state index < -0.39 is 0 Å². The van der Waals surface area contributed by atoms with Crippen LogP contribution in [-0.4, -0.2) is 12.0 Å².